The Labute approximate surface area is 136 Å². The molecular formula is C15H21N3O4S. The van der Waals surface area contributed by atoms with Gasteiger partial charge in [0.1, 0.15) is 5.75 Å². The van der Waals surface area contributed by atoms with Crippen molar-refractivity contribution in [1.29, 1.82) is 0 Å². The first kappa shape index (κ1) is 16.2. The fourth-order valence-corrected chi connectivity index (χ4v) is 4.56. The number of nitrogens with one attached hydrogen (secondary N) is 1. The third-order valence-corrected chi connectivity index (χ3v) is 6.35. The van der Waals surface area contributed by atoms with Gasteiger partial charge in [-0.2, -0.15) is 4.31 Å². The number of benzene rings is 1. The van der Waals surface area contributed by atoms with Crippen LogP contribution in [0.1, 0.15) is 12.5 Å². The summed E-state index contributed by atoms with van der Waals surface area (Å²) in [7, 11) is -3.56. The maximum absolute atomic E-state index is 12.9. The minimum absolute atomic E-state index is 0.0925. The number of likely N-dealkylation sites (N-methyl/N-ethyl adjacent to an activating group) is 1. The van der Waals surface area contributed by atoms with Crippen molar-refractivity contribution >= 4 is 21.6 Å². The molecule has 0 atom stereocenters. The molecule has 126 valence electrons. The number of piperazine rings is 1. The third kappa shape index (κ3) is 3.06. The number of nitrogens with zero attached hydrogens (tertiary/aromatic N) is 2. The average molecular weight is 339 g/mol. The molecule has 0 bridgehead atoms. The lowest BCUT2D eigenvalue weighted by Gasteiger charge is -2.33. The van der Waals surface area contributed by atoms with Gasteiger partial charge in [-0.1, -0.05) is 6.92 Å². The molecule has 0 spiro atoms. The Hall–Kier alpha value is -1.64. The zero-order valence-electron chi connectivity index (χ0n) is 13.3. The number of ether oxygens (including phenoxy) is 1. The van der Waals surface area contributed by atoms with E-state index in [0.717, 1.165) is 19.6 Å². The predicted octanol–water partition coefficient (Wildman–Crippen LogP) is 0.652. The summed E-state index contributed by atoms with van der Waals surface area (Å²) in [5.74, 6) is 0.171. The van der Waals surface area contributed by atoms with Gasteiger partial charge >= 0.3 is 0 Å². The van der Waals surface area contributed by atoms with Crippen molar-refractivity contribution < 1.29 is 17.9 Å². The largest absolute Gasteiger partial charge is 0.482 e. The number of aryl methyl sites for hydroxylation is 1. The summed E-state index contributed by atoms with van der Waals surface area (Å²) in [5.41, 5.74) is 1.13. The number of carbonyl (C=O) groups is 1. The second kappa shape index (κ2) is 6.10. The van der Waals surface area contributed by atoms with Crippen molar-refractivity contribution in [1.82, 2.24) is 9.21 Å². The Bertz CT molecular complexity index is 724. The van der Waals surface area contributed by atoms with Gasteiger partial charge in [0, 0.05) is 32.2 Å². The van der Waals surface area contributed by atoms with E-state index in [-0.39, 0.29) is 17.4 Å². The number of carbonyl (C=O) groups excluding carboxylic acids is 1. The Kier molecular flexibility index (Phi) is 4.31. The fraction of sp³-hybridized carbons (Fsp3) is 0.533. The first-order valence-electron chi connectivity index (χ1n) is 7.71. The van der Waals surface area contributed by atoms with Gasteiger partial charge in [0.2, 0.25) is 10.0 Å². The molecule has 7 nitrogen and oxygen atoms in total. The van der Waals surface area contributed by atoms with E-state index >= 15 is 0 Å². The molecular weight excluding hydrogens is 318 g/mol. The Balaban J connectivity index is 1.90. The molecule has 2 heterocycles. The van der Waals surface area contributed by atoms with Crippen molar-refractivity contribution in [2.45, 2.75) is 18.7 Å². The molecule has 0 unspecified atom stereocenters. The van der Waals surface area contributed by atoms with Gasteiger partial charge in [-0.05, 0) is 25.1 Å². The van der Waals surface area contributed by atoms with Gasteiger partial charge < -0.3 is 15.0 Å². The number of rotatable bonds is 3. The summed E-state index contributed by atoms with van der Waals surface area (Å²) >= 11 is 0. The first-order valence-corrected chi connectivity index (χ1v) is 9.15. The minimum Gasteiger partial charge on any atom is -0.482 e. The lowest BCUT2D eigenvalue weighted by Crippen LogP contribution is -2.48. The van der Waals surface area contributed by atoms with Crippen LogP contribution in [0.25, 0.3) is 0 Å². The highest BCUT2D eigenvalue weighted by Gasteiger charge is 2.31. The van der Waals surface area contributed by atoms with E-state index in [9.17, 15) is 13.2 Å². The van der Waals surface area contributed by atoms with Gasteiger partial charge in [0.05, 0.1) is 10.6 Å². The number of sulfonamides is 1. The Morgan fingerprint density at radius 1 is 1.22 bits per heavy atom. The van der Waals surface area contributed by atoms with Crippen molar-refractivity contribution in [3.05, 3.63) is 17.7 Å². The SMILES string of the molecule is CCN1CCN(S(=O)(=O)c2cc3c(cc2C)NC(=O)CO3)CC1. The van der Waals surface area contributed by atoms with Gasteiger partial charge in [0.15, 0.2) is 6.61 Å². The van der Waals surface area contributed by atoms with Crippen molar-refractivity contribution in [2.75, 3.05) is 44.6 Å². The smallest absolute Gasteiger partial charge is 0.262 e. The monoisotopic (exact) mass is 339 g/mol. The normalized spacial score (nSPS) is 19.8. The second-order valence-corrected chi connectivity index (χ2v) is 7.70. The third-order valence-electron chi connectivity index (χ3n) is 4.31. The molecule has 1 aromatic rings. The zero-order chi connectivity index (χ0) is 16.6. The van der Waals surface area contributed by atoms with Crippen molar-refractivity contribution in [2.24, 2.45) is 0 Å². The summed E-state index contributed by atoms with van der Waals surface area (Å²) in [6.07, 6.45) is 0. The Morgan fingerprint density at radius 3 is 2.57 bits per heavy atom. The van der Waals surface area contributed by atoms with Crippen LogP contribution in [0.3, 0.4) is 0 Å². The number of hydrogen-bond donors (Lipinski definition) is 1. The second-order valence-electron chi connectivity index (χ2n) is 5.79. The van der Waals surface area contributed by atoms with Crippen molar-refractivity contribution in [3.8, 4) is 5.75 Å². The molecule has 0 saturated carbocycles. The predicted molar refractivity (Wildman–Crippen MR) is 86.2 cm³/mol. The molecule has 0 radical (unpaired) electrons. The van der Waals surface area contributed by atoms with Crippen molar-refractivity contribution in [3.63, 3.8) is 0 Å². The topological polar surface area (TPSA) is 79.0 Å². The van der Waals surface area contributed by atoms with Crippen LogP contribution in [0.15, 0.2) is 17.0 Å². The molecule has 3 rings (SSSR count). The molecule has 2 aliphatic rings. The van der Waals surface area contributed by atoms with Crippen LogP contribution < -0.4 is 10.1 Å². The summed E-state index contributed by atoms with van der Waals surface area (Å²) < 4.78 is 32.7. The van der Waals surface area contributed by atoms with Crippen LogP contribution >= 0.6 is 0 Å². The first-order chi connectivity index (χ1) is 10.9. The van der Waals surface area contributed by atoms with Gasteiger partial charge in [0.25, 0.3) is 5.91 Å². The lowest BCUT2D eigenvalue weighted by molar-refractivity contribution is -0.118. The quantitative estimate of drug-likeness (QED) is 0.875. The molecule has 1 amide bonds. The minimum atomic E-state index is -3.56. The highest BCUT2D eigenvalue weighted by Crippen LogP contribution is 2.34. The van der Waals surface area contributed by atoms with E-state index in [1.165, 1.54) is 10.4 Å². The lowest BCUT2D eigenvalue weighted by atomic mass is 10.2. The van der Waals surface area contributed by atoms with Crippen LogP contribution in [0.5, 0.6) is 5.75 Å². The molecule has 0 aromatic heterocycles. The molecule has 2 aliphatic heterocycles. The maximum atomic E-state index is 12.9. The van der Waals surface area contributed by atoms with Crippen LogP contribution in [0.4, 0.5) is 5.69 Å². The van der Waals surface area contributed by atoms with E-state index in [4.69, 9.17) is 4.74 Å². The van der Waals surface area contributed by atoms with Crippen LogP contribution in [-0.4, -0.2) is 62.9 Å². The average Bonchev–Trinajstić information content (AvgIpc) is 2.54. The summed E-state index contributed by atoms with van der Waals surface area (Å²) in [6, 6.07) is 3.17. The molecule has 1 saturated heterocycles. The standard InChI is InChI=1S/C15H21N3O4S/c1-3-17-4-6-18(7-5-17)23(20,21)14-9-13-12(8-11(14)2)16-15(19)10-22-13/h8-9H,3-7,10H2,1-2H3,(H,16,19). The number of anilines is 1. The molecule has 1 N–H and O–H groups in total. The van der Waals surface area contributed by atoms with Crippen LogP contribution in [0, 0.1) is 6.92 Å². The van der Waals surface area contributed by atoms with Gasteiger partial charge in [-0.15, -0.1) is 0 Å². The van der Waals surface area contributed by atoms with E-state index in [0.29, 0.717) is 30.1 Å². The van der Waals surface area contributed by atoms with Crippen LogP contribution in [-0.2, 0) is 14.8 Å². The van der Waals surface area contributed by atoms with Crippen LogP contribution in [0.2, 0.25) is 0 Å². The molecule has 0 aliphatic carbocycles. The van der Waals surface area contributed by atoms with E-state index < -0.39 is 10.0 Å². The summed E-state index contributed by atoms with van der Waals surface area (Å²) in [4.78, 5) is 13.8. The molecule has 1 fully saturated rings. The fourth-order valence-electron chi connectivity index (χ4n) is 2.92. The number of hydrogen-bond acceptors (Lipinski definition) is 5. The van der Waals surface area contributed by atoms with E-state index in [1.807, 2.05) is 0 Å². The number of fused-ring (bicyclic) bond motifs is 1. The number of amides is 1. The zero-order valence-corrected chi connectivity index (χ0v) is 14.1. The molecule has 8 heteroatoms. The highest BCUT2D eigenvalue weighted by molar-refractivity contribution is 7.89. The van der Waals surface area contributed by atoms with Gasteiger partial charge in [-0.25, -0.2) is 8.42 Å². The maximum Gasteiger partial charge on any atom is 0.262 e. The van der Waals surface area contributed by atoms with E-state index in [2.05, 4.69) is 17.1 Å². The molecule has 1 aromatic carbocycles. The van der Waals surface area contributed by atoms with Gasteiger partial charge in [-0.3, -0.25) is 4.79 Å². The summed E-state index contributed by atoms with van der Waals surface area (Å²) in [5, 5.41) is 2.69. The van der Waals surface area contributed by atoms with E-state index in [1.54, 1.807) is 13.0 Å². The molecule has 23 heavy (non-hydrogen) atoms. The highest BCUT2D eigenvalue weighted by atomic mass is 32.2. The summed E-state index contributed by atoms with van der Waals surface area (Å²) in [6.45, 7) is 7.11. The Morgan fingerprint density at radius 2 is 1.91 bits per heavy atom.